The van der Waals surface area contributed by atoms with Gasteiger partial charge in [-0.15, -0.1) is 0 Å². The lowest BCUT2D eigenvalue weighted by Gasteiger charge is -2.30. The molecule has 2 saturated heterocycles. The highest BCUT2D eigenvalue weighted by molar-refractivity contribution is 6.02. The first kappa shape index (κ1) is 26.3. The van der Waals surface area contributed by atoms with Crippen molar-refractivity contribution < 1.29 is 22.8 Å². The molecule has 1 unspecified atom stereocenters. The number of carbonyl (C=O) groups excluding carboxylic acids is 2. The third-order valence-corrected chi connectivity index (χ3v) is 8.06. The molecule has 4 heterocycles. The number of pyridine rings is 1. The summed E-state index contributed by atoms with van der Waals surface area (Å²) in [6, 6.07) is 10.5. The molecule has 0 spiro atoms. The lowest BCUT2D eigenvalue weighted by molar-refractivity contribution is -0.117. The van der Waals surface area contributed by atoms with E-state index in [4.69, 9.17) is 0 Å². The highest BCUT2D eigenvalue weighted by atomic mass is 19.2. The molecule has 40 heavy (non-hydrogen) atoms. The van der Waals surface area contributed by atoms with Crippen molar-refractivity contribution in [3.63, 3.8) is 0 Å². The van der Waals surface area contributed by atoms with E-state index in [9.17, 15) is 22.8 Å². The number of benzene rings is 2. The van der Waals surface area contributed by atoms with Gasteiger partial charge in [-0.1, -0.05) is 12.1 Å². The van der Waals surface area contributed by atoms with E-state index >= 15 is 0 Å². The molecule has 2 amide bonds. The molecule has 0 radical (unpaired) electrons. The Kier molecular flexibility index (Phi) is 7.18. The molecule has 0 saturated carbocycles. The normalized spacial score (nSPS) is 19.2. The zero-order valence-corrected chi connectivity index (χ0v) is 22.0. The predicted octanol–water partition coefficient (Wildman–Crippen LogP) is 4.83. The highest BCUT2D eigenvalue weighted by Crippen LogP contribution is 2.34. The lowest BCUT2D eigenvalue weighted by Crippen LogP contribution is -2.42. The van der Waals surface area contributed by atoms with E-state index in [2.05, 4.69) is 15.2 Å². The van der Waals surface area contributed by atoms with Crippen LogP contribution >= 0.6 is 0 Å². The Morgan fingerprint density at radius 3 is 2.45 bits per heavy atom. The van der Waals surface area contributed by atoms with E-state index in [1.54, 1.807) is 24.4 Å². The summed E-state index contributed by atoms with van der Waals surface area (Å²) in [4.78, 5) is 36.3. The number of nitrogens with zero attached hydrogens (tertiary/aromatic N) is 4. The third-order valence-electron chi connectivity index (χ3n) is 8.06. The number of aromatic nitrogens is 1. The Hall–Kier alpha value is -3.92. The van der Waals surface area contributed by atoms with Gasteiger partial charge in [0.1, 0.15) is 5.82 Å². The van der Waals surface area contributed by atoms with Gasteiger partial charge in [-0.3, -0.25) is 9.59 Å². The maximum Gasteiger partial charge on any atom is 0.254 e. The molecular formula is C30H30F3N5O2. The lowest BCUT2D eigenvalue weighted by atomic mass is 10.0. The van der Waals surface area contributed by atoms with Gasteiger partial charge in [0.2, 0.25) is 5.91 Å². The van der Waals surface area contributed by atoms with Crippen molar-refractivity contribution in [2.45, 2.75) is 38.3 Å². The zero-order valence-electron chi connectivity index (χ0n) is 22.0. The molecule has 7 nitrogen and oxygen atoms in total. The topological polar surface area (TPSA) is 68.8 Å². The highest BCUT2D eigenvalue weighted by Gasteiger charge is 2.31. The summed E-state index contributed by atoms with van der Waals surface area (Å²) >= 11 is 0. The fourth-order valence-corrected chi connectivity index (χ4v) is 5.90. The first-order valence-electron chi connectivity index (χ1n) is 13.7. The van der Waals surface area contributed by atoms with Gasteiger partial charge in [-0.25, -0.2) is 18.2 Å². The number of amides is 2. The molecule has 1 N–H and O–H groups in total. The number of halogens is 3. The molecule has 208 valence electrons. The van der Waals surface area contributed by atoms with Crippen LogP contribution in [0.4, 0.5) is 24.7 Å². The van der Waals surface area contributed by atoms with Crippen molar-refractivity contribution in [2.75, 3.05) is 42.9 Å². The van der Waals surface area contributed by atoms with Crippen LogP contribution in [0.15, 0.2) is 48.7 Å². The maximum atomic E-state index is 14.4. The number of hydrogen-bond donors (Lipinski definition) is 1. The molecule has 3 aliphatic rings. The van der Waals surface area contributed by atoms with E-state index in [1.165, 1.54) is 17.7 Å². The first-order valence-corrected chi connectivity index (χ1v) is 13.7. The quantitative estimate of drug-likeness (QED) is 0.447. The predicted molar refractivity (Wildman–Crippen MR) is 145 cm³/mol. The van der Waals surface area contributed by atoms with Crippen molar-refractivity contribution in [3.8, 4) is 11.1 Å². The number of nitrogens with one attached hydrogen (secondary N) is 1. The summed E-state index contributed by atoms with van der Waals surface area (Å²) in [6.07, 6.45) is 6.15. The van der Waals surface area contributed by atoms with Crippen LogP contribution in [0, 0.1) is 17.5 Å². The van der Waals surface area contributed by atoms with Gasteiger partial charge in [-0.05, 0) is 68.6 Å². The summed E-state index contributed by atoms with van der Waals surface area (Å²) in [5.41, 5.74) is 2.37. The summed E-state index contributed by atoms with van der Waals surface area (Å²) in [5, 5.41) is 2.94. The van der Waals surface area contributed by atoms with Gasteiger partial charge < -0.3 is 20.0 Å². The number of fused-ring (bicyclic) bond motifs is 1. The Labute approximate surface area is 230 Å². The van der Waals surface area contributed by atoms with Crippen LogP contribution in [0.25, 0.3) is 11.1 Å². The molecule has 6 rings (SSSR count). The maximum absolute atomic E-state index is 14.4. The molecule has 0 aliphatic carbocycles. The summed E-state index contributed by atoms with van der Waals surface area (Å²) < 4.78 is 41.6. The van der Waals surface area contributed by atoms with E-state index in [0.29, 0.717) is 28.7 Å². The average molecular weight is 550 g/mol. The van der Waals surface area contributed by atoms with Crippen LogP contribution in [-0.4, -0.2) is 65.4 Å². The fourth-order valence-electron chi connectivity index (χ4n) is 5.90. The van der Waals surface area contributed by atoms with Crippen LogP contribution in [0.5, 0.6) is 0 Å². The molecule has 3 aliphatic heterocycles. The largest absolute Gasteiger partial charge is 0.359 e. The molecule has 3 aromatic rings. The molecular weight excluding hydrogens is 519 g/mol. The summed E-state index contributed by atoms with van der Waals surface area (Å²) in [7, 11) is 0. The van der Waals surface area contributed by atoms with Gasteiger partial charge in [0, 0.05) is 48.1 Å². The van der Waals surface area contributed by atoms with E-state index in [0.717, 1.165) is 50.7 Å². The molecule has 10 heteroatoms. The molecule has 1 atom stereocenters. The molecule has 1 aromatic heterocycles. The summed E-state index contributed by atoms with van der Waals surface area (Å²) in [6.45, 7) is 3.58. The van der Waals surface area contributed by atoms with Crippen molar-refractivity contribution in [1.82, 2.24) is 14.8 Å². The average Bonchev–Trinajstić information content (AvgIpc) is 3.65. The van der Waals surface area contributed by atoms with E-state index in [1.807, 2.05) is 17.0 Å². The van der Waals surface area contributed by atoms with Crippen LogP contribution in [0.1, 0.15) is 41.6 Å². The minimum atomic E-state index is -1.29. The second-order valence-corrected chi connectivity index (χ2v) is 10.7. The SMILES string of the molecule is O=C1CNc2ncc(-c3ccc(C(=O)N4CCCC4CN4CCCC4)cc3)cc2N1Cc1cc(F)c(F)cc1F. The standard InChI is InChI=1S/C30H30F3N5O2/c31-24-14-26(33)25(32)12-22(24)17-38-27-13-21(15-34-29(27)35-16-28(38)39)19-5-7-20(8-6-19)30(40)37-11-3-4-23(37)18-36-9-1-2-10-36/h5-8,12-15,23H,1-4,9-11,16-18H2,(H,34,35). The van der Waals surface area contributed by atoms with Crippen molar-refractivity contribution in [3.05, 3.63) is 77.2 Å². The van der Waals surface area contributed by atoms with E-state index < -0.39 is 17.5 Å². The number of likely N-dealkylation sites (tertiary alicyclic amines) is 2. The van der Waals surface area contributed by atoms with Crippen LogP contribution in [-0.2, 0) is 11.3 Å². The fraction of sp³-hybridized carbons (Fsp3) is 0.367. The zero-order chi connectivity index (χ0) is 27.8. The molecule has 2 fully saturated rings. The Bertz CT molecular complexity index is 1440. The van der Waals surface area contributed by atoms with Gasteiger partial charge in [-0.2, -0.15) is 0 Å². The number of carbonyl (C=O) groups is 2. The van der Waals surface area contributed by atoms with Gasteiger partial charge in [0.15, 0.2) is 17.5 Å². The van der Waals surface area contributed by atoms with Crippen molar-refractivity contribution in [2.24, 2.45) is 0 Å². The van der Waals surface area contributed by atoms with Crippen molar-refractivity contribution in [1.29, 1.82) is 0 Å². The smallest absolute Gasteiger partial charge is 0.254 e. The molecule has 0 bridgehead atoms. The van der Waals surface area contributed by atoms with Crippen LogP contribution in [0.3, 0.4) is 0 Å². The van der Waals surface area contributed by atoms with Gasteiger partial charge in [0.05, 0.1) is 18.8 Å². The van der Waals surface area contributed by atoms with Gasteiger partial charge in [0.25, 0.3) is 5.91 Å². The first-order chi connectivity index (χ1) is 19.4. The third kappa shape index (κ3) is 5.15. The molecule has 2 aromatic carbocycles. The van der Waals surface area contributed by atoms with E-state index in [-0.39, 0.29) is 36.5 Å². The second-order valence-electron chi connectivity index (χ2n) is 10.7. The summed E-state index contributed by atoms with van der Waals surface area (Å²) in [5.74, 6) is -3.30. The van der Waals surface area contributed by atoms with Crippen LogP contribution < -0.4 is 10.2 Å². The number of hydrogen-bond acceptors (Lipinski definition) is 5. The number of anilines is 2. The minimum absolute atomic E-state index is 0.0336. The minimum Gasteiger partial charge on any atom is -0.359 e. The number of rotatable bonds is 6. The van der Waals surface area contributed by atoms with Gasteiger partial charge >= 0.3 is 0 Å². The second kappa shape index (κ2) is 10.9. The van der Waals surface area contributed by atoms with Crippen LogP contribution in [0.2, 0.25) is 0 Å². The van der Waals surface area contributed by atoms with Crippen molar-refractivity contribution >= 4 is 23.3 Å². The Balaban J connectivity index is 1.22. The Morgan fingerprint density at radius 2 is 1.68 bits per heavy atom. The Morgan fingerprint density at radius 1 is 0.925 bits per heavy atom. The monoisotopic (exact) mass is 549 g/mol.